The molecule has 0 spiro atoms. The third-order valence-corrected chi connectivity index (χ3v) is 2.42. The van der Waals surface area contributed by atoms with Gasteiger partial charge in [0.1, 0.15) is 11.3 Å². The number of carboxylic acid groups (broad SMARTS) is 1. The van der Waals surface area contributed by atoms with E-state index in [1.807, 2.05) is 0 Å². The molecule has 0 fully saturated rings. The topological polar surface area (TPSA) is 96.5 Å². The van der Waals surface area contributed by atoms with Crippen LogP contribution in [0.2, 0.25) is 0 Å². The molecule has 0 saturated carbocycles. The number of aldehydes is 1. The van der Waals surface area contributed by atoms with Crippen molar-refractivity contribution in [2.75, 3.05) is 0 Å². The summed E-state index contributed by atoms with van der Waals surface area (Å²) >= 11 is 0. The zero-order valence-corrected chi connectivity index (χ0v) is 11.4. The Bertz CT molecular complexity index is 522. The van der Waals surface area contributed by atoms with Crippen LogP contribution in [0.25, 0.3) is 0 Å². The molecule has 104 valence electrons. The van der Waals surface area contributed by atoms with Crippen LogP contribution in [0.5, 0.6) is 0 Å². The average molecular weight is 267 g/mol. The lowest BCUT2D eigenvalue weighted by atomic mass is 10.1. The van der Waals surface area contributed by atoms with Crippen molar-refractivity contribution in [2.45, 2.75) is 39.7 Å². The van der Waals surface area contributed by atoms with Gasteiger partial charge in [-0.05, 0) is 32.8 Å². The minimum absolute atomic E-state index is 0.0249. The van der Waals surface area contributed by atoms with Crippen LogP contribution in [0.3, 0.4) is 0 Å². The first-order valence-electron chi connectivity index (χ1n) is 5.88. The lowest BCUT2D eigenvalue weighted by Crippen LogP contribution is -2.24. The van der Waals surface area contributed by atoms with Gasteiger partial charge in [0.15, 0.2) is 6.29 Å². The predicted octanol–water partition coefficient (Wildman–Crippen LogP) is 2.04. The lowest BCUT2D eigenvalue weighted by Gasteiger charge is -2.19. The monoisotopic (exact) mass is 267 g/mol. The smallest absolute Gasteiger partial charge is 0.355 e. The van der Waals surface area contributed by atoms with Crippen molar-refractivity contribution >= 4 is 18.2 Å². The number of carbonyl (C=O) groups excluding carboxylic acids is 2. The highest BCUT2D eigenvalue weighted by Gasteiger charge is 2.28. The maximum Gasteiger partial charge on any atom is 0.355 e. The summed E-state index contributed by atoms with van der Waals surface area (Å²) in [6, 6.07) is 0. The molecule has 0 amide bonds. The highest BCUT2D eigenvalue weighted by atomic mass is 16.6. The second-order valence-electron chi connectivity index (χ2n) is 5.05. The van der Waals surface area contributed by atoms with E-state index in [-0.39, 0.29) is 22.5 Å². The zero-order valence-electron chi connectivity index (χ0n) is 11.4. The lowest BCUT2D eigenvalue weighted by molar-refractivity contribution is 0.00624. The van der Waals surface area contributed by atoms with Gasteiger partial charge < -0.3 is 14.8 Å². The van der Waals surface area contributed by atoms with Gasteiger partial charge >= 0.3 is 11.9 Å². The van der Waals surface area contributed by atoms with Crippen molar-refractivity contribution in [3.8, 4) is 0 Å². The first kappa shape index (κ1) is 14.9. The maximum atomic E-state index is 12.0. The van der Waals surface area contributed by atoms with Gasteiger partial charge in [0, 0.05) is 0 Å². The van der Waals surface area contributed by atoms with E-state index in [9.17, 15) is 14.4 Å². The molecule has 6 heteroatoms. The van der Waals surface area contributed by atoms with Gasteiger partial charge in [-0.25, -0.2) is 9.59 Å². The van der Waals surface area contributed by atoms with Crippen molar-refractivity contribution in [3.63, 3.8) is 0 Å². The van der Waals surface area contributed by atoms with Crippen molar-refractivity contribution in [1.29, 1.82) is 0 Å². The Kier molecular flexibility index (Phi) is 4.14. The molecule has 0 aliphatic rings. The van der Waals surface area contributed by atoms with Crippen molar-refractivity contribution in [1.82, 2.24) is 4.98 Å². The molecule has 0 aliphatic carbocycles. The number of hydrogen-bond acceptors (Lipinski definition) is 4. The number of nitrogens with one attached hydrogen (secondary N) is 1. The van der Waals surface area contributed by atoms with Crippen LogP contribution >= 0.6 is 0 Å². The van der Waals surface area contributed by atoms with Crippen molar-refractivity contribution in [2.24, 2.45) is 0 Å². The Balaban J connectivity index is 3.33. The van der Waals surface area contributed by atoms with Gasteiger partial charge in [-0.2, -0.15) is 0 Å². The van der Waals surface area contributed by atoms with E-state index in [2.05, 4.69) is 4.98 Å². The Labute approximate surface area is 110 Å². The van der Waals surface area contributed by atoms with Gasteiger partial charge in [-0.15, -0.1) is 0 Å². The SMILES string of the molecule is CCc1c(C(=O)OC(C)(C)C)[nH]c(C=O)c1C(=O)O. The van der Waals surface area contributed by atoms with E-state index in [0.717, 1.165) is 0 Å². The van der Waals surface area contributed by atoms with Gasteiger partial charge in [-0.3, -0.25) is 4.79 Å². The molecule has 0 bridgehead atoms. The van der Waals surface area contributed by atoms with Crippen LogP contribution in [0.4, 0.5) is 0 Å². The number of aromatic amines is 1. The number of H-pyrrole nitrogens is 1. The first-order valence-corrected chi connectivity index (χ1v) is 5.88. The minimum Gasteiger partial charge on any atom is -0.478 e. The summed E-state index contributed by atoms with van der Waals surface area (Å²) in [6.07, 6.45) is 0.691. The fourth-order valence-electron chi connectivity index (χ4n) is 1.75. The number of rotatable bonds is 4. The normalized spacial score (nSPS) is 11.2. The van der Waals surface area contributed by atoms with Crippen LogP contribution in [0.15, 0.2) is 0 Å². The fourth-order valence-corrected chi connectivity index (χ4v) is 1.75. The Hall–Kier alpha value is -2.11. The minimum atomic E-state index is -1.25. The fraction of sp³-hybridized carbons (Fsp3) is 0.462. The molecule has 0 aliphatic heterocycles. The van der Waals surface area contributed by atoms with E-state index < -0.39 is 17.5 Å². The predicted molar refractivity (Wildman–Crippen MR) is 67.7 cm³/mol. The van der Waals surface area contributed by atoms with Crippen LogP contribution in [0, 0.1) is 0 Å². The molecule has 2 N–H and O–H groups in total. The summed E-state index contributed by atoms with van der Waals surface area (Å²) in [5, 5.41) is 9.11. The number of carboxylic acids is 1. The van der Waals surface area contributed by atoms with E-state index in [0.29, 0.717) is 12.7 Å². The molecule has 0 saturated heterocycles. The average Bonchev–Trinajstić information content (AvgIpc) is 2.64. The number of ether oxygens (including phenoxy) is 1. The molecule has 1 aromatic heterocycles. The van der Waals surface area contributed by atoms with Crippen LogP contribution in [0.1, 0.15) is 64.6 Å². The summed E-state index contributed by atoms with van der Waals surface area (Å²) in [6.45, 7) is 6.83. The third kappa shape index (κ3) is 3.21. The van der Waals surface area contributed by atoms with Gasteiger partial charge in [0.25, 0.3) is 0 Å². The largest absolute Gasteiger partial charge is 0.478 e. The molecule has 0 atom stereocenters. The molecular weight excluding hydrogens is 250 g/mol. The number of aromatic carboxylic acids is 1. The molecule has 1 heterocycles. The molecule has 19 heavy (non-hydrogen) atoms. The molecule has 1 rings (SSSR count). The highest BCUT2D eigenvalue weighted by Crippen LogP contribution is 2.22. The molecule has 6 nitrogen and oxygen atoms in total. The van der Waals surface area contributed by atoms with Gasteiger partial charge in [0.05, 0.1) is 11.3 Å². The summed E-state index contributed by atoms with van der Waals surface area (Å²) in [5.74, 6) is -1.91. The molecular formula is C13H17NO5. The first-order chi connectivity index (χ1) is 8.71. The van der Waals surface area contributed by atoms with E-state index in [1.54, 1.807) is 27.7 Å². The van der Waals surface area contributed by atoms with Crippen LogP contribution < -0.4 is 0 Å². The summed E-state index contributed by atoms with van der Waals surface area (Å²) in [4.78, 5) is 36.5. The van der Waals surface area contributed by atoms with Crippen molar-refractivity contribution < 1.29 is 24.2 Å². The third-order valence-electron chi connectivity index (χ3n) is 2.42. The summed E-state index contributed by atoms with van der Waals surface area (Å²) < 4.78 is 5.18. The molecule has 0 radical (unpaired) electrons. The van der Waals surface area contributed by atoms with Crippen LogP contribution in [-0.2, 0) is 11.2 Å². The standard InChI is InChI=1S/C13H17NO5/c1-5-7-9(11(16)17)8(6-15)14-10(7)12(18)19-13(2,3)4/h6,14H,5H2,1-4H3,(H,16,17). The second-order valence-corrected chi connectivity index (χ2v) is 5.05. The van der Waals surface area contributed by atoms with Crippen molar-refractivity contribution in [3.05, 3.63) is 22.5 Å². The highest BCUT2D eigenvalue weighted by molar-refractivity contribution is 6.02. The molecule has 0 aromatic carbocycles. The Morgan fingerprint density at radius 3 is 2.32 bits per heavy atom. The summed E-state index contributed by atoms with van der Waals surface area (Å²) in [7, 11) is 0. The number of aromatic nitrogens is 1. The van der Waals surface area contributed by atoms with Crippen LogP contribution in [-0.4, -0.2) is 33.9 Å². The van der Waals surface area contributed by atoms with E-state index in [4.69, 9.17) is 9.84 Å². The molecule has 0 unspecified atom stereocenters. The Morgan fingerprint density at radius 1 is 1.37 bits per heavy atom. The van der Waals surface area contributed by atoms with Gasteiger partial charge in [-0.1, -0.05) is 6.92 Å². The van der Waals surface area contributed by atoms with E-state index in [1.165, 1.54) is 0 Å². The Morgan fingerprint density at radius 2 is 1.95 bits per heavy atom. The summed E-state index contributed by atoms with van der Waals surface area (Å²) in [5.41, 5.74) is -0.679. The second kappa shape index (κ2) is 5.26. The molecule has 1 aromatic rings. The van der Waals surface area contributed by atoms with Gasteiger partial charge in [0.2, 0.25) is 0 Å². The maximum absolute atomic E-state index is 12.0. The van der Waals surface area contributed by atoms with E-state index >= 15 is 0 Å². The number of esters is 1. The number of carbonyl (C=O) groups is 3. The quantitative estimate of drug-likeness (QED) is 0.642. The number of hydrogen-bond donors (Lipinski definition) is 2. The zero-order chi connectivity index (χ0) is 14.8.